The van der Waals surface area contributed by atoms with Gasteiger partial charge in [0.2, 0.25) is 0 Å². The van der Waals surface area contributed by atoms with Gasteiger partial charge in [0.15, 0.2) is 5.11 Å². The van der Waals surface area contributed by atoms with Gasteiger partial charge in [0.25, 0.3) is 0 Å². The molecule has 0 unspecified atom stereocenters. The van der Waals surface area contributed by atoms with Crippen LogP contribution in [0.25, 0.3) is 0 Å². The van der Waals surface area contributed by atoms with Crippen LogP contribution in [0, 0.1) is 0 Å². The third-order valence-electron chi connectivity index (χ3n) is 1.77. The van der Waals surface area contributed by atoms with Gasteiger partial charge in [-0.05, 0) is 24.4 Å². The lowest BCUT2D eigenvalue weighted by atomic mass is 10.3. The summed E-state index contributed by atoms with van der Waals surface area (Å²) in [7, 11) is -1.11. The maximum atomic E-state index is 5.09. The molecule has 1 aliphatic carbocycles. The maximum absolute atomic E-state index is 5.09. The van der Waals surface area contributed by atoms with Crippen molar-refractivity contribution in [1.82, 2.24) is 10.7 Å². The number of nitrogens with zero attached hydrogens (tertiary/aromatic N) is 1. The molecule has 0 saturated carbocycles. The van der Waals surface area contributed by atoms with Crippen LogP contribution in [-0.4, -0.2) is 25.6 Å². The minimum absolute atomic E-state index is 0.574. The fourth-order valence-corrected chi connectivity index (χ4v) is 1.93. The van der Waals surface area contributed by atoms with Gasteiger partial charge >= 0.3 is 0 Å². The largest absolute Gasteiger partial charge is 0.364 e. The number of thiocarbonyl (C=S) groups is 1. The van der Waals surface area contributed by atoms with Gasteiger partial charge in [0, 0.05) is 11.7 Å². The number of allylic oxidation sites excluding steroid dienone is 3. The summed E-state index contributed by atoms with van der Waals surface area (Å²) < 4.78 is 0. The van der Waals surface area contributed by atoms with Crippen LogP contribution < -0.4 is 10.7 Å². The zero-order valence-corrected chi connectivity index (χ0v) is 11.7. The molecule has 0 aromatic heterocycles. The molecule has 0 fully saturated rings. The average molecular weight is 251 g/mol. The summed E-state index contributed by atoms with van der Waals surface area (Å²) in [5.41, 5.74) is 6.75. The molecule has 0 atom stereocenters. The molecule has 0 bridgehead atoms. The third-order valence-corrected chi connectivity index (χ3v) is 3.24. The standard InChI is InChI=1S/C11H17N3SSi/c1-16(2,3)9-12-11(15)14-13-8-10-6-4-5-7-10/h4-6,8H,9H2,1-3H3,(H2,12,14,15)/b13-8+. The van der Waals surface area contributed by atoms with Gasteiger partial charge in [-0.25, -0.2) is 0 Å². The predicted molar refractivity (Wildman–Crippen MR) is 76.3 cm³/mol. The molecule has 2 N–H and O–H groups in total. The van der Waals surface area contributed by atoms with Crippen molar-refractivity contribution in [2.75, 3.05) is 6.17 Å². The molecule has 16 heavy (non-hydrogen) atoms. The van der Waals surface area contributed by atoms with Gasteiger partial charge in [0.1, 0.15) is 0 Å². The van der Waals surface area contributed by atoms with E-state index in [1.165, 1.54) is 0 Å². The molecule has 0 amide bonds. The molecule has 0 spiro atoms. The summed E-state index contributed by atoms with van der Waals surface area (Å²) in [4.78, 5) is 0. The van der Waals surface area contributed by atoms with E-state index in [1.54, 1.807) is 6.21 Å². The third kappa shape index (κ3) is 5.65. The van der Waals surface area contributed by atoms with E-state index < -0.39 is 8.07 Å². The summed E-state index contributed by atoms with van der Waals surface area (Å²) in [6, 6.07) is 0. The Balaban J connectivity index is 2.25. The molecule has 1 aliphatic rings. The molecule has 0 aliphatic heterocycles. The van der Waals surface area contributed by atoms with Gasteiger partial charge < -0.3 is 5.32 Å². The molecule has 0 saturated heterocycles. The van der Waals surface area contributed by atoms with E-state index >= 15 is 0 Å². The fraction of sp³-hybridized carbons (Fsp3) is 0.364. The van der Waals surface area contributed by atoms with Crippen molar-refractivity contribution in [2.24, 2.45) is 5.10 Å². The molecule has 1 rings (SSSR count). The van der Waals surface area contributed by atoms with Crippen molar-refractivity contribution in [3.05, 3.63) is 29.5 Å². The van der Waals surface area contributed by atoms with Crippen LogP contribution in [0.4, 0.5) is 0 Å². The van der Waals surface area contributed by atoms with Crippen molar-refractivity contribution in [3.63, 3.8) is 0 Å². The lowest BCUT2D eigenvalue weighted by Gasteiger charge is -2.17. The first-order chi connectivity index (χ1) is 7.47. The smallest absolute Gasteiger partial charge is 0.186 e. The Labute approximate surface area is 103 Å². The minimum Gasteiger partial charge on any atom is -0.364 e. The van der Waals surface area contributed by atoms with Crippen LogP contribution in [0.5, 0.6) is 0 Å². The fourth-order valence-electron chi connectivity index (χ4n) is 0.970. The number of hydrogen-bond acceptors (Lipinski definition) is 2. The van der Waals surface area contributed by atoms with E-state index in [-0.39, 0.29) is 0 Å². The Kier molecular flexibility index (Phi) is 4.67. The first kappa shape index (κ1) is 12.9. The van der Waals surface area contributed by atoms with Crippen molar-refractivity contribution in [1.29, 1.82) is 0 Å². The lowest BCUT2D eigenvalue weighted by molar-refractivity contribution is 0.954. The number of nitrogens with one attached hydrogen (secondary N) is 2. The van der Waals surface area contributed by atoms with Crippen molar-refractivity contribution < 1.29 is 0 Å². The Morgan fingerprint density at radius 3 is 2.88 bits per heavy atom. The van der Waals surface area contributed by atoms with Gasteiger partial charge in [-0.1, -0.05) is 25.7 Å². The van der Waals surface area contributed by atoms with Gasteiger partial charge in [-0.3, -0.25) is 5.43 Å². The molecule has 86 valence electrons. The SMILES string of the molecule is C[Si](C)(C)CNC(=S)N/N=C/C1=C=CC=C1. The minimum atomic E-state index is -1.11. The summed E-state index contributed by atoms with van der Waals surface area (Å²) in [6.07, 6.45) is 8.36. The second-order valence-electron chi connectivity index (χ2n) is 4.74. The van der Waals surface area contributed by atoms with Gasteiger partial charge in [-0.2, -0.15) is 5.10 Å². The van der Waals surface area contributed by atoms with Crippen LogP contribution in [0.3, 0.4) is 0 Å². The summed E-state index contributed by atoms with van der Waals surface area (Å²) >= 11 is 5.09. The summed E-state index contributed by atoms with van der Waals surface area (Å²) in [5.74, 6) is 0. The molecule has 0 aromatic rings. The van der Waals surface area contributed by atoms with E-state index in [0.29, 0.717) is 5.11 Å². The summed E-state index contributed by atoms with van der Waals surface area (Å²) in [6.45, 7) is 6.85. The van der Waals surface area contributed by atoms with Crippen LogP contribution in [0.2, 0.25) is 19.6 Å². The Hall–Kier alpha value is -1.16. The van der Waals surface area contributed by atoms with E-state index in [9.17, 15) is 0 Å². The molecule has 0 aromatic carbocycles. The highest BCUT2D eigenvalue weighted by Gasteiger charge is 2.12. The zero-order chi connectivity index (χ0) is 12.0. The highest BCUT2D eigenvalue weighted by atomic mass is 32.1. The van der Waals surface area contributed by atoms with Crippen molar-refractivity contribution >= 4 is 31.6 Å². The number of rotatable bonds is 4. The van der Waals surface area contributed by atoms with Gasteiger partial charge in [-0.15, -0.1) is 5.73 Å². The molecular formula is C11H17N3SSi. The molecule has 5 heteroatoms. The number of hydrazone groups is 1. The monoisotopic (exact) mass is 251 g/mol. The second kappa shape index (κ2) is 5.79. The van der Waals surface area contributed by atoms with Crippen LogP contribution in [-0.2, 0) is 0 Å². The zero-order valence-electron chi connectivity index (χ0n) is 9.87. The average Bonchev–Trinajstić information content (AvgIpc) is 2.66. The topological polar surface area (TPSA) is 36.4 Å². The van der Waals surface area contributed by atoms with Crippen LogP contribution in [0.1, 0.15) is 0 Å². The van der Waals surface area contributed by atoms with E-state index in [1.807, 2.05) is 18.2 Å². The van der Waals surface area contributed by atoms with E-state index in [0.717, 1.165) is 11.7 Å². The van der Waals surface area contributed by atoms with E-state index in [2.05, 4.69) is 41.2 Å². The van der Waals surface area contributed by atoms with Crippen LogP contribution in [0.15, 0.2) is 34.6 Å². The van der Waals surface area contributed by atoms with Crippen LogP contribution >= 0.6 is 12.2 Å². The van der Waals surface area contributed by atoms with Gasteiger partial charge in [0.05, 0.1) is 14.3 Å². The highest BCUT2D eigenvalue weighted by Crippen LogP contribution is 1.98. The Morgan fingerprint density at radius 1 is 1.56 bits per heavy atom. The molecular weight excluding hydrogens is 234 g/mol. The van der Waals surface area contributed by atoms with E-state index in [4.69, 9.17) is 12.2 Å². The summed E-state index contributed by atoms with van der Waals surface area (Å²) in [5, 5.41) is 7.75. The molecule has 3 nitrogen and oxygen atoms in total. The maximum Gasteiger partial charge on any atom is 0.186 e. The Bertz CT molecular complexity index is 385. The lowest BCUT2D eigenvalue weighted by Crippen LogP contribution is -2.43. The Morgan fingerprint density at radius 2 is 2.31 bits per heavy atom. The first-order valence-corrected chi connectivity index (χ1v) is 9.29. The number of hydrogen-bond donors (Lipinski definition) is 2. The van der Waals surface area contributed by atoms with Crippen molar-refractivity contribution in [2.45, 2.75) is 19.6 Å². The molecule has 0 radical (unpaired) electrons. The quantitative estimate of drug-likeness (QED) is 0.264. The van der Waals surface area contributed by atoms with Crippen molar-refractivity contribution in [3.8, 4) is 0 Å². The first-order valence-electron chi connectivity index (χ1n) is 5.18. The highest BCUT2D eigenvalue weighted by molar-refractivity contribution is 7.80. The normalized spacial score (nSPS) is 14.3. The molecule has 0 heterocycles. The second-order valence-corrected chi connectivity index (χ2v) is 10.6. The predicted octanol–water partition coefficient (Wildman–Crippen LogP) is 1.96.